The van der Waals surface area contributed by atoms with E-state index in [1.54, 1.807) is 64.1 Å². The summed E-state index contributed by atoms with van der Waals surface area (Å²) < 4.78 is 52.7. The molecule has 1 saturated heterocycles. The van der Waals surface area contributed by atoms with Crippen LogP contribution in [0.25, 0.3) is 5.52 Å². The molecular weight excluding hydrogens is 767 g/mol. The topological polar surface area (TPSA) is 216 Å². The summed E-state index contributed by atoms with van der Waals surface area (Å²) in [5.41, 5.74) is 5.09. The van der Waals surface area contributed by atoms with Crippen molar-refractivity contribution in [2.24, 2.45) is 17.8 Å². The Bertz CT molecular complexity index is 2110. The highest BCUT2D eigenvalue weighted by molar-refractivity contribution is 7.52. The number of esters is 3. The van der Waals surface area contributed by atoms with Gasteiger partial charge in [0.25, 0.3) is 0 Å². The number of nitrogens with two attached hydrogens (primary N) is 1. The number of hydrogen-bond donors (Lipinski definition) is 2. The Balaban J connectivity index is 1.56. The third-order valence-electron chi connectivity index (χ3n) is 9.74. The van der Waals surface area contributed by atoms with Crippen LogP contribution < -0.4 is 15.3 Å². The maximum absolute atomic E-state index is 15.0. The maximum Gasteiger partial charge on any atom is 0.459 e. The molecule has 16 nitrogen and oxygen atoms in total. The van der Waals surface area contributed by atoms with E-state index >= 15 is 4.57 Å². The second-order valence-corrected chi connectivity index (χ2v) is 16.3. The molecule has 2 aromatic heterocycles. The van der Waals surface area contributed by atoms with Crippen LogP contribution in [0, 0.1) is 29.1 Å². The van der Waals surface area contributed by atoms with Crippen molar-refractivity contribution < 1.29 is 46.9 Å². The van der Waals surface area contributed by atoms with Crippen molar-refractivity contribution in [2.75, 3.05) is 18.9 Å². The molecule has 1 aliphatic heterocycles. The summed E-state index contributed by atoms with van der Waals surface area (Å²) in [7, 11) is -4.61. The molecule has 0 saturated carbocycles. The van der Waals surface area contributed by atoms with Crippen LogP contribution in [0.2, 0.25) is 0 Å². The van der Waals surface area contributed by atoms with E-state index in [4.69, 9.17) is 33.7 Å². The summed E-state index contributed by atoms with van der Waals surface area (Å²) in [6.07, 6.45) is -1.67. The number of benzene rings is 2. The lowest BCUT2D eigenvalue weighted by molar-refractivity contribution is -0.173. The zero-order valence-corrected chi connectivity index (χ0v) is 34.4. The first-order valence-corrected chi connectivity index (χ1v) is 20.8. The van der Waals surface area contributed by atoms with Gasteiger partial charge in [-0.05, 0) is 42.2 Å². The Morgan fingerprint density at radius 2 is 1.59 bits per heavy atom. The van der Waals surface area contributed by atoms with Gasteiger partial charge in [-0.3, -0.25) is 18.9 Å². The molecule has 3 N–H and O–H groups in total. The zero-order valence-electron chi connectivity index (χ0n) is 33.5. The highest BCUT2D eigenvalue weighted by atomic mass is 31.2. The first-order valence-electron chi connectivity index (χ1n) is 19.3. The molecular formula is C41H51N6O10P. The lowest BCUT2D eigenvalue weighted by Crippen LogP contribution is -2.47. The largest absolute Gasteiger partial charge is 0.464 e. The van der Waals surface area contributed by atoms with Crippen molar-refractivity contribution in [2.45, 2.75) is 90.8 Å². The average Bonchev–Trinajstić information content (AvgIpc) is 3.78. The Hall–Kier alpha value is -5.33. The number of anilines is 1. The molecule has 1 aliphatic rings. The summed E-state index contributed by atoms with van der Waals surface area (Å²) in [6, 6.07) is 21.3. The summed E-state index contributed by atoms with van der Waals surface area (Å²) >= 11 is 0. The Morgan fingerprint density at radius 3 is 2.21 bits per heavy atom. The first-order chi connectivity index (χ1) is 27.7. The number of ether oxygens (including phenoxy) is 4. The molecule has 0 radical (unpaired) electrons. The molecule has 0 bridgehead atoms. The maximum atomic E-state index is 15.0. The fourth-order valence-corrected chi connectivity index (χ4v) is 7.76. The number of para-hydroxylation sites is 1. The van der Waals surface area contributed by atoms with Gasteiger partial charge in [-0.15, -0.1) is 0 Å². The standard InChI is InChI=1S/C41H51N6O10P/c1-7-28(8-2)22-52-40(50)31(21-29-15-11-9-12-16-29)46-58(51,57-30-17-13-10-14-18-30)53-23-33-35(54-38(48)26(3)4)36(55-39(49)27(5)6)41(24-42,56-33)34-20-19-32-37(43)44-25-45-47(32)34/h9-20,25-28,31,33,35-36H,7-8,21-23H2,1-6H3,(H,46,51)(H2,43,44,45)/t31-,33+,35+,36+,41-,58-/m0/s1. The molecule has 0 amide bonds. The van der Waals surface area contributed by atoms with Crippen LogP contribution in [0.3, 0.4) is 0 Å². The van der Waals surface area contributed by atoms with E-state index in [1.165, 1.54) is 16.9 Å². The molecule has 0 spiro atoms. The molecule has 17 heteroatoms. The molecule has 4 aromatic rings. The van der Waals surface area contributed by atoms with E-state index < -0.39 is 74.1 Å². The number of hydrogen-bond acceptors (Lipinski definition) is 14. The van der Waals surface area contributed by atoms with Crippen LogP contribution in [-0.4, -0.2) is 70.1 Å². The van der Waals surface area contributed by atoms with Crippen LogP contribution in [0.4, 0.5) is 5.82 Å². The summed E-state index contributed by atoms with van der Waals surface area (Å²) in [5.74, 6) is -3.05. The highest BCUT2D eigenvalue weighted by Gasteiger charge is 2.63. The quantitative estimate of drug-likeness (QED) is 0.0635. The molecule has 310 valence electrons. The van der Waals surface area contributed by atoms with Gasteiger partial charge in [-0.1, -0.05) is 103 Å². The molecule has 1 fully saturated rings. The summed E-state index contributed by atoms with van der Waals surface area (Å²) in [4.78, 5) is 44.4. The average molecular weight is 819 g/mol. The number of carbonyl (C=O) groups is 3. The van der Waals surface area contributed by atoms with Gasteiger partial charge in [-0.2, -0.15) is 15.4 Å². The number of rotatable bonds is 19. The number of nitriles is 1. The fourth-order valence-electron chi connectivity index (χ4n) is 6.26. The number of nitrogens with one attached hydrogen (secondary N) is 1. The fraction of sp³-hybridized carbons (Fsp3) is 0.463. The Labute approximate surface area is 337 Å². The highest BCUT2D eigenvalue weighted by Crippen LogP contribution is 2.49. The van der Waals surface area contributed by atoms with E-state index in [0.29, 0.717) is 5.52 Å². The van der Waals surface area contributed by atoms with Crippen LogP contribution in [0.1, 0.15) is 65.6 Å². The molecule has 58 heavy (non-hydrogen) atoms. The lowest BCUT2D eigenvalue weighted by Gasteiger charge is -2.29. The third-order valence-corrected chi connectivity index (χ3v) is 11.3. The van der Waals surface area contributed by atoms with Gasteiger partial charge in [0.05, 0.1) is 30.7 Å². The smallest absolute Gasteiger partial charge is 0.459 e. The van der Waals surface area contributed by atoms with Crippen molar-refractivity contribution >= 4 is 37.0 Å². The normalized spacial score (nSPS) is 20.7. The number of nitrogens with zero attached hydrogens (tertiary/aromatic N) is 4. The van der Waals surface area contributed by atoms with Crippen LogP contribution in [0.5, 0.6) is 5.75 Å². The second-order valence-electron chi connectivity index (χ2n) is 14.6. The van der Waals surface area contributed by atoms with E-state index in [9.17, 15) is 19.6 Å². The van der Waals surface area contributed by atoms with Gasteiger partial charge in [0.1, 0.15) is 35.8 Å². The third kappa shape index (κ3) is 10.2. The van der Waals surface area contributed by atoms with Crippen LogP contribution >= 0.6 is 7.75 Å². The van der Waals surface area contributed by atoms with Crippen molar-refractivity contribution in [3.8, 4) is 11.8 Å². The predicted octanol–water partition coefficient (Wildman–Crippen LogP) is 5.95. The SMILES string of the molecule is CCC(CC)COC(=O)[C@H](Cc1ccccc1)N[P@](=O)(OC[C@H]1O[C@@](C#N)(c2ccc3c(N)ncnn23)[C@H](OC(=O)C(C)C)[C@@H]1OC(=O)C(C)C)Oc1ccccc1. The van der Waals surface area contributed by atoms with Gasteiger partial charge in [0, 0.05) is 0 Å². The monoisotopic (exact) mass is 818 g/mol. The minimum atomic E-state index is -4.61. The summed E-state index contributed by atoms with van der Waals surface area (Å²) in [6.45, 7) is 9.93. The minimum absolute atomic E-state index is 0.0552. The first kappa shape index (κ1) is 43.8. The Kier molecular flexibility index (Phi) is 14.7. The van der Waals surface area contributed by atoms with Crippen LogP contribution in [0.15, 0.2) is 79.1 Å². The molecule has 3 heterocycles. The summed E-state index contributed by atoms with van der Waals surface area (Å²) in [5, 5.41) is 18.1. The van der Waals surface area contributed by atoms with Crippen molar-refractivity contribution in [3.63, 3.8) is 0 Å². The van der Waals surface area contributed by atoms with E-state index in [2.05, 4.69) is 21.2 Å². The molecule has 0 unspecified atom stereocenters. The van der Waals surface area contributed by atoms with E-state index in [0.717, 1.165) is 18.4 Å². The number of carbonyl (C=O) groups excluding carboxylic acids is 3. The van der Waals surface area contributed by atoms with Crippen LogP contribution in [-0.2, 0) is 54.4 Å². The van der Waals surface area contributed by atoms with Crippen molar-refractivity contribution in [1.29, 1.82) is 5.26 Å². The zero-order chi connectivity index (χ0) is 42.0. The number of aromatic nitrogens is 3. The van der Waals surface area contributed by atoms with Gasteiger partial charge in [-0.25, -0.2) is 14.1 Å². The van der Waals surface area contributed by atoms with Gasteiger partial charge >= 0.3 is 25.7 Å². The van der Waals surface area contributed by atoms with Gasteiger partial charge in [0.15, 0.2) is 18.0 Å². The van der Waals surface area contributed by atoms with Gasteiger partial charge < -0.3 is 29.2 Å². The van der Waals surface area contributed by atoms with Gasteiger partial charge in [0.2, 0.25) is 5.60 Å². The molecule has 6 atom stereocenters. The molecule has 2 aromatic carbocycles. The number of nitrogen functional groups attached to an aromatic ring is 1. The van der Waals surface area contributed by atoms with Crippen molar-refractivity contribution in [1.82, 2.24) is 19.7 Å². The Morgan fingerprint density at radius 1 is 0.948 bits per heavy atom. The minimum Gasteiger partial charge on any atom is -0.464 e. The van der Waals surface area contributed by atoms with E-state index in [1.807, 2.05) is 44.2 Å². The number of fused-ring (bicyclic) bond motifs is 1. The lowest BCUT2D eigenvalue weighted by atomic mass is 9.92. The predicted molar refractivity (Wildman–Crippen MR) is 212 cm³/mol. The second kappa shape index (κ2) is 19.4. The van der Waals surface area contributed by atoms with Crippen molar-refractivity contribution in [3.05, 3.63) is 90.4 Å². The molecule has 5 rings (SSSR count). The molecule has 0 aliphatic carbocycles. The van der Waals surface area contributed by atoms with E-state index in [-0.39, 0.29) is 36.2 Å².